The van der Waals surface area contributed by atoms with Gasteiger partial charge in [0, 0.05) is 51.9 Å². The minimum atomic E-state index is -0.835. The van der Waals surface area contributed by atoms with Gasteiger partial charge in [-0.1, -0.05) is 0 Å². The number of nitrogens with zero attached hydrogens (tertiary/aromatic N) is 9. The Morgan fingerprint density at radius 2 is 1.78 bits per heavy atom. The van der Waals surface area contributed by atoms with Crippen LogP contribution >= 0.6 is 0 Å². The number of likely N-dealkylation sites (tertiary alicyclic amines) is 1. The summed E-state index contributed by atoms with van der Waals surface area (Å²) in [6, 6.07) is 7.08. The van der Waals surface area contributed by atoms with Gasteiger partial charge in [-0.2, -0.15) is 15.6 Å². The van der Waals surface area contributed by atoms with Crippen molar-refractivity contribution in [2.45, 2.75) is 12.5 Å². The molecule has 0 saturated carbocycles. The van der Waals surface area contributed by atoms with Gasteiger partial charge >= 0.3 is 6.03 Å². The van der Waals surface area contributed by atoms with E-state index in [1.54, 1.807) is 22.1 Å². The number of halogens is 2. The molecule has 4 heterocycles. The molecule has 1 aromatic carbocycles. The molecule has 2 fully saturated rings. The molecule has 3 aliphatic heterocycles. The van der Waals surface area contributed by atoms with Crippen molar-refractivity contribution in [1.82, 2.24) is 24.8 Å². The Morgan fingerprint density at radius 3 is 2.49 bits per heavy atom. The summed E-state index contributed by atoms with van der Waals surface area (Å²) in [6.07, 6.45) is 2.93. The highest BCUT2D eigenvalue weighted by Gasteiger charge is 2.35. The highest BCUT2D eigenvalue weighted by molar-refractivity contribution is 5.93. The molecule has 5 rings (SSSR count). The molecular weight excluding hydrogens is 484 g/mol. The van der Waals surface area contributed by atoms with Crippen LogP contribution in [-0.2, 0) is 0 Å². The number of anilines is 1. The monoisotopic (exact) mass is 505 g/mol. The van der Waals surface area contributed by atoms with Crippen LogP contribution in [0.3, 0.4) is 0 Å². The quantitative estimate of drug-likeness (QED) is 0.622. The van der Waals surface area contributed by atoms with Gasteiger partial charge in [0.05, 0.1) is 35.9 Å². The van der Waals surface area contributed by atoms with Crippen LogP contribution in [0.5, 0.6) is 0 Å². The van der Waals surface area contributed by atoms with E-state index in [0.717, 1.165) is 12.3 Å². The number of hydrogen-bond acceptors (Lipinski definition) is 8. The second-order valence-electron chi connectivity index (χ2n) is 8.94. The first kappa shape index (κ1) is 24.1. The first-order valence-corrected chi connectivity index (χ1v) is 11.7. The lowest BCUT2D eigenvalue weighted by molar-refractivity contribution is 0.0565. The maximum absolute atomic E-state index is 14.3. The molecule has 1 unspecified atom stereocenters. The molecule has 188 valence electrons. The summed E-state index contributed by atoms with van der Waals surface area (Å²) in [7, 11) is 0. The first-order valence-electron chi connectivity index (χ1n) is 11.7. The van der Waals surface area contributed by atoms with Crippen molar-refractivity contribution in [3.8, 4) is 12.1 Å². The maximum atomic E-state index is 14.3. The van der Waals surface area contributed by atoms with Crippen LogP contribution in [0.4, 0.5) is 19.5 Å². The van der Waals surface area contributed by atoms with Crippen molar-refractivity contribution in [3.63, 3.8) is 0 Å². The molecule has 0 N–H and O–H groups in total. The van der Waals surface area contributed by atoms with Crippen molar-refractivity contribution < 1.29 is 18.4 Å². The molecule has 1 aromatic heterocycles. The van der Waals surface area contributed by atoms with Crippen LogP contribution in [0.25, 0.3) is 0 Å². The third-order valence-corrected chi connectivity index (χ3v) is 6.58. The number of benzene rings is 1. The second kappa shape index (κ2) is 9.78. The number of amides is 3. The standard InChI is InChI=1S/C24H21F2N9O2/c25-18-8-15(10-27)7-17(9-18)20-1-2-30-35(20)24(37)33-5-3-32(4-6-33)23-29-12-19(26)21(31-23)22(36)34-13-16(11-28)14-34/h2,7-9,12,16,20H,1,3-6,13-14H2. The van der Waals surface area contributed by atoms with E-state index in [9.17, 15) is 18.4 Å². The summed E-state index contributed by atoms with van der Waals surface area (Å²) in [6.45, 7) is 1.75. The number of nitriles is 2. The van der Waals surface area contributed by atoms with Gasteiger partial charge in [0.25, 0.3) is 5.91 Å². The van der Waals surface area contributed by atoms with E-state index in [1.165, 1.54) is 16.0 Å². The Hall–Kier alpha value is -4.65. The topological polar surface area (TPSA) is 133 Å². The molecule has 2 aromatic rings. The lowest BCUT2D eigenvalue weighted by Crippen LogP contribution is -2.52. The van der Waals surface area contributed by atoms with Gasteiger partial charge < -0.3 is 14.7 Å². The molecule has 1 atom stereocenters. The number of aromatic nitrogens is 2. The summed E-state index contributed by atoms with van der Waals surface area (Å²) in [5.74, 6) is -2.06. The SMILES string of the molecule is N#Cc1cc(F)cc(C2CC=NN2C(=O)N2CCN(c3ncc(F)c(C(=O)N4CC(C#N)C4)n3)CC2)c1. The summed E-state index contributed by atoms with van der Waals surface area (Å²) in [4.78, 5) is 38.7. The van der Waals surface area contributed by atoms with E-state index >= 15 is 0 Å². The molecular formula is C24H21F2N9O2. The Bertz CT molecular complexity index is 1350. The number of carbonyl (C=O) groups excluding carboxylic acids is 2. The van der Waals surface area contributed by atoms with Crippen molar-refractivity contribution in [3.05, 3.63) is 52.9 Å². The zero-order valence-corrected chi connectivity index (χ0v) is 19.6. The predicted octanol–water partition coefficient (Wildman–Crippen LogP) is 1.90. The van der Waals surface area contributed by atoms with Crippen molar-refractivity contribution in [2.24, 2.45) is 11.0 Å². The molecule has 3 amide bonds. The van der Waals surface area contributed by atoms with Crippen molar-refractivity contribution in [1.29, 1.82) is 10.5 Å². The van der Waals surface area contributed by atoms with E-state index in [4.69, 9.17) is 10.5 Å². The third kappa shape index (κ3) is 4.63. The molecule has 0 radical (unpaired) electrons. The van der Waals surface area contributed by atoms with Crippen LogP contribution in [0, 0.1) is 40.2 Å². The lowest BCUT2D eigenvalue weighted by atomic mass is 10.0. The average molecular weight is 505 g/mol. The van der Waals surface area contributed by atoms with Crippen molar-refractivity contribution >= 4 is 24.1 Å². The number of rotatable bonds is 3. The minimum absolute atomic E-state index is 0.166. The number of hydrogen-bond donors (Lipinski definition) is 0. The number of piperazine rings is 1. The molecule has 13 heteroatoms. The van der Waals surface area contributed by atoms with Crippen LogP contribution < -0.4 is 4.90 Å². The van der Waals surface area contributed by atoms with Gasteiger partial charge in [-0.3, -0.25) is 4.79 Å². The molecule has 2 saturated heterocycles. The lowest BCUT2D eigenvalue weighted by Gasteiger charge is -2.37. The number of hydrazone groups is 1. The summed E-state index contributed by atoms with van der Waals surface area (Å²) in [5, 5.41) is 23.5. The zero-order chi connectivity index (χ0) is 26.1. The fourth-order valence-corrected chi connectivity index (χ4v) is 4.52. The number of carbonyl (C=O) groups is 2. The Labute approximate surface area is 210 Å². The van der Waals surface area contributed by atoms with Gasteiger partial charge in [-0.15, -0.1) is 0 Å². The first-order chi connectivity index (χ1) is 17.9. The van der Waals surface area contributed by atoms with E-state index < -0.39 is 23.6 Å². The molecule has 0 aliphatic carbocycles. The van der Waals surface area contributed by atoms with Gasteiger partial charge in [-0.05, 0) is 23.8 Å². The summed E-state index contributed by atoms with van der Waals surface area (Å²) >= 11 is 0. The van der Waals surface area contributed by atoms with Crippen molar-refractivity contribution in [2.75, 3.05) is 44.2 Å². The average Bonchev–Trinajstić information content (AvgIpc) is 3.38. The molecule has 3 aliphatic rings. The van der Waals surface area contributed by atoms with Gasteiger partial charge in [0.2, 0.25) is 5.95 Å². The zero-order valence-electron chi connectivity index (χ0n) is 19.6. The summed E-state index contributed by atoms with van der Waals surface area (Å²) in [5.41, 5.74) is 0.307. The second-order valence-corrected chi connectivity index (χ2v) is 8.94. The highest BCUT2D eigenvalue weighted by Crippen LogP contribution is 2.31. The van der Waals surface area contributed by atoms with Crippen LogP contribution in [-0.4, -0.2) is 82.2 Å². The van der Waals surface area contributed by atoms with E-state index in [0.29, 0.717) is 38.2 Å². The van der Waals surface area contributed by atoms with Crippen LogP contribution in [0.2, 0.25) is 0 Å². The number of urea groups is 1. The van der Waals surface area contributed by atoms with Gasteiger partial charge in [0.1, 0.15) is 5.82 Å². The van der Waals surface area contributed by atoms with Crippen LogP contribution in [0.1, 0.15) is 34.1 Å². The Morgan fingerprint density at radius 1 is 1.03 bits per heavy atom. The Kier molecular flexibility index (Phi) is 6.36. The van der Waals surface area contributed by atoms with Gasteiger partial charge in [-0.25, -0.2) is 28.6 Å². The smallest absolute Gasteiger partial charge is 0.337 e. The fourth-order valence-electron chi connectivity index (χ4n) is 4.52. The predicted molar refractivity (Wildman–Crippen MR) is 125 cm³/mol. The highest BCUT2D eigenvalue weighted by atomic mass is 19.1. The molecule has 37 heavy (non-hydrogen) atoms. The fraction of sp³-hybridized carbons (Fsp3) is 0.375. The maximum Gasteiger partial charge on any atom is 0.341 e. The molecule has 0 bridgehead atoms. The normalized spacial score (nSPS) is 19.4. The summed E-state index contributed by atoms with van der Waals surface area (Å²) < 4.78 is 28.3. The van der Waals surface area contributed by atoms with E-state index in [2.05, 4.69) is 21.1 Å². The minimum Gasteiger partial charge on any atom is -0.337 e. The van der Waals surface area contributed by atoms with Gasteiger partial charge in [0.15, 0.2) is 11.5 Å². The third-order valence-electron chi connectivity index (χ3n) is 6.58. The molecule has 11 nitrogen and oxygen atoms in total. The Balaban J connectivity index is 1.24. The van der Waals surface area contributed by atoms with Crippen LogP contribution in [0.15, 0.2) is 29.5 Å². The van der Waals surface area contributed by atoms with E-state index in [1.807, 2.05) is 6.07 Å². The van der Waals surface area contributed by atoms with E-state index in [-0.39, 0.29) is 42.2 Å². The largest absolute Gasteiger partial charge is 0.341 e. The molecule has 0 spiro atoms.